The van der Waals surface area contributed by atoms with Gasteiger partial charge in [-0.05, 0) is 44.7 Å². The molecule has 3 aromatic carbocycles. The zero-order valence-corrected chi connectivity index (χ0v) is 31.4. The fourth-order valence-corrected chi connectivity index (χ4v) is 6.00. The van der Waals surface area contributed by atoms with E-state index in [1.807, 2.05) is 38.1 Å². The zero-order chi connectivity index (χ0) is 36.0. The Hall–Kier alpha value is -3.36. The summed E-state index contributed by atoms with van der Waals surface area (Å²) in [6, 6.07) is 14.3. The van der Waals surface area contributed by atoms with Crippen LogP contribution in [0.2, 0.25) is 0 Å². The molecule has 0 fully saturated rings. The predicted octanol–water partition coefficient (Wildman–Crippen LogP) is 9.93. The van der Waals surface area contributed by atoms with Gasteiger partial charge in [0.2, 0.25) is 0 Å². The largest absolute Gasteiger partial charge is 0.488 e. The molecule has 2 atom stereocenters. The molecule has 0 aliphatic rings. The first-order chi connectivity index (χ1) is 24.4. The normalized spacial score (nSPS) is 12.6. The summed E-state index contributed by atoms with van der Waals surface area (Å²) in [5, 5.41) is 3.55. The van der Waals surface area contributed by atoms with Crippen molar-refractivity contribution in [2.75, 3.05) is 39.6 Å². The Balaban J connectivity index is 1.85. The van der Waals surface area contributed by atoms with Crippen LogP contribution in [0.5, 0.6) is 11.5 Å². The first-order valence-electron chi connectivity index (χ1n) is 19.2. The minimum absolute atomic E-state index is 0.154. The third-order valence-corrected chi connectivity index (χ3v) is 8.81. The van der Waals surface area contributed by atoms with Crippen molar-refractivity contribution in [1.82, 2.24) is 0 Å². The van der Waals surface area contributed by atoms with Gasteiger partial charge in [-0.3, -0.25) is 9.59 Å². The molecule has 278 valence electrons. The number of carbonyl (C=O) groups is 2. The lowest BCUT2D eigenvalue weighted by molar-refractivity contribution is -0.155. The van der Waals surface area contributed by atoms with Crippen LogP contribution in [0.3, 0.4) is 0 Å². The summed E-state index contributed by atoms with van der Waals surface area (Å²) in [6.45, 7) is 12.2. The summed E-state index contributed by atoms with van der Waals surface area (Å²) in [4.78, 5) is 25.5. The molecule has 8 heteroatoms. The molecule has 0 radical (unpaired) electrons. The van der Waals surface area contributed by atoms with E-state index in [0.717, 1.165) is 84.9 Å². The smallest absolute Gasteiger partial charge is 0.306 e. The molecule has 0 bridgehead atoms. The van der Waals surface area contributed by atoms with E-state index in [-0.39, 0.29) is 38.4 Å². The lowest BCUT2D eigenvalue weighted by atomic mass is 9.98. The van der Waals surface area contributed by atoms with E-state index >= 15 is 0 Å². The SMILES string of the molecule is CCCCCCCC(=O)OC(COCC)COc1c2ccccc2c(OCC(COCC)OC(=O)CCCCCCC)c2cc(CC)ccc12. The van der Waals surface area contributed by atoms with E-state index in [2.05, 4.69) is 39.0 Å². The van der Waals surface area contributed by atoms with Crippen molar-refractivity contribution in [2.45, 2.75) is 130 Å². The molecule has 0 saturated heterocycles. The van der Waals surface area contributed by atoms with Crippen LogP contribution >= 0.6 is 0 Å². The minimum Gasteiger partial charge on any atom is -0.488 e. The van der Waals surface area contributed by atoms with Gasteiger partial charge in [-0.2, -0.15) is 0 Å². The van der Waals surface area contributed by atoms with Gasteiger partial charge in [-0.25, -0.2) is 0 Å². The van der Waals surface area contributed by atoms with E-state index in [0.29, 0.717) is 37.6 Å². The number of carbonyl (C=O) groups excluding carboxylic acids is 2. The quantitative estimate of drug-likeness (QED) is 0.0443. The molecule has 8 nitrogen and oxygen atoms in total. The lowest BCUT2D eigenvalue weighted by Crippen LogP contribution is -2.30. The lowest BCUT2D eigenvalue weighted by Gasteiger charge is -2.23. The van der Waals surface area contributed by atoms with Crippen LogP contribution in [-0.4, -0.2) is 63.8 Å². The Morgan fingerprint density at radius 3 is 1.46 bits per heavy atom. The van der Waals surface area contributed by atoms with Crippen LogP contribution < -0.4 is 9.47 Å². The Morgan fingerprint density at radius 1 is 0.540 bits per heavy atom. The highest BCUT2D eigenvalue weighted by Crippen LogP contribution is 2.43. The molecule has 50 heavy (non-hydrogen) atoms. The molecule has 0 spiro atoms. The molecule has 2 unspecified atom stereocenters. The third kappa shape index (κ3) is 13.7. The van der Waals surface area contributed by atoms with E-state index in [4.69, 9.17) is 28.4 Å². The highest BCUT2D eigenvalue weighted by Gasteiger charge is 2.22. The molecular formula is C42H62O8. The maximum Gasteiger partial charge on any atom is 0.306 e. The maximum atomic E-state index is 12.8. The highest BCUT2D eigenvalue weighted by molar-refractivity contribution is 6.11. The Morgan fingerprint density at radius 2 is 1.00 bits per heavy atom. The van der Waals surface area contributed by atoms with Gasteiger partial charge in [0.15, 0.2) is 12.2 Å². The second kappa shape index (κ2) is 23.9. The summed E-state index contributed by atoms with van der Waals surface area (Å²) in [7, 11) is 0. The molecule has 0 aliphatic carbocycles. The number of rotatable bonds is 27. The van der Waals surface area contributed by atoms with Crippen molar-refractivity contribution in [2.24, 2.45) is 0 Å². The number of esters is 2. The van der Waals surface area contributed by atoms with Gasteiger partial charge in [-0.15, -0.1) is 0 Å². The van der Waals surface area contributed by atoms with Crippen molar-refractivity contribution in [3.8, 4) is 11.5 Å². The number of aryl methyl sites for hydroxylation is 1. The van der Waals surface area contributed by atoms with Crippen LogP contribution in [0.1, 0.15) is 117 Å². The van der Waals surface area contributed by atoms with E-state index < -0.39 is 12.2 Å². The van der Waals surface area contributed by atoms with Crippen molar-refractivity contribution in [3.05, 3.63) is 48.0 Å². The molecular weight excluding hydrogens is 632 g/mol. The summed E-state index contributed by atoms with van der Waals surface area (Å²) >= 11 is 0. The summed E-state index contributed by atoms with van der Waals surface area (Å²) in [5.74, 6) is 0.957. The number of hydrogen-bond donors (Lipinski definition) is 0. The maximum absolute atomic E-state index is 12.8. The van der Waals surface area contributed by atoms with Crippen molar-refractivity contribution in [1.29, 1.82) is 0 Å². The van der Waals surface area contributed by atoms with Crippen LogP contribution in [-0.2, 0) is 35.0 Å². The third-order valence-electron chi connectivity index (χ3n) is 8.81. The molecule has 0 saturated carbocycles. The summed E-state index contributed by atoms with van der Waals surface area (Å²) < 4.78 is 36.3. The van der Waals surface area contributed by atoms with Gasteiger partial charge in [0, 0.05) is 47.6 Å². The number of benzene rings is 3. The van der Waals surface area contributed by atoms with Crippen LogP contribution in [0.4, 0.5) is 0 Å². The summed E-state index contributed by atoms with van der Waals surface area (Å²) in [6.07, 6.45) is 11.2. The van der Waals surface area contributed by atoms with Crippen molar-refractivity contribution >= 4 is 33.5 Å². The number of unbranched alkanes of at least 4 members (excludes halogenated alkanes) is 8. The van der Waals surface area contributed by atoms with Gasteiger partial charge < -0.3 is 28.4 Å². The number of fused-ring (bicyclic) bond motifs is 2. The molecule has 3 aromatic rings. The van der Waals surface area contributed by atoms with Crippen LogP contribution in [0, 0.1) is 0 Å². The van der Waals surface area contributed by atoms with Gasteiger partial charge in [0.25, 0.3) is 0 Å². The Bertz CT molecular complexity index is 1420. The van der Waals surface area contributed by atoms with E-state index in [1.165, 1.54) is 12.8 Å². The second-order valence-electron chi connectivity index (χ2n) is 12.9. The average Bonchev–Trinajstić information content (AvgIpc) is 3.13. The number of hydrogen-bond acceptors (Lipinski definition) is 8. The Labute approximate surface area is 300 Å². The van der Waals surface area contributed by atoms with Crippen molar-refractivity contribution in [3.63, 3.8) is 0 Å². The minimum atomic E-state index is -0.544. The summed E-state index contributed by atoms with van der Waals surface area (Å²) in [5.41, 5.74) is 1.16. The first-order valence-corrected chi connectivity index (χ1v) is 19.2. The van der Waals surface area contributed by atoms with Crippen LogP contribution in [0.25, 0.3) is 21.5 Å². The molecule has 0 heterocycles. The molecule has 0 amide bonds. The monoisotopic (exact) mass is 694 g/mol. The van der Waals surface area contributed by atoms with Crippen molar-refractivity contribution < 1.29 is 38.0 Å². The average molecular weight is 695 g/mol. The van der Waals surface area contributed by atoms with Gasteiger partial charge >= 0.3 is 11.9 Å². The topological polar surface area (TPSA) is 89.5 Å². The van der Waals surface area contributed by atoms with Crippen LogP contribution in [0.15, 0.2) is 42.5 Å². The Kier molecular flexibility index (Phi) is 19.7. The fourth-order valence-electron chi connectivity index (χ4n) is 6.00. The molecule has 0 N–H and O–H groups in total. The van der Waals surface area contributed by atoms with E-state index in [9.17, 15) is 9.59 Å². The first kappa shape index (κ1) is 41.1. The second-order valence-corrected chi connectivity index (χ2v) is 12.9. The van der Waals surface area contributed by atoms with Gasteiger partial charge in [-0.1, -0.05) is 109 Å². The fraction of sp³-hybridized carbons (Fsp3) is 0.619. The molecule has 0 aromatic heterocycles. The molecule has 3 rings (SSSR count). The zero-order valence-electron chi connectivity index (χ0n) is 31.4. The van der Waals surface area contributed by atoms with E-state index in [1.54, 1.807) is 0 Å². The predicted molar refractivity (Wildman–Crippen MR) is 201 cm³/mol. The highest BCUT2D eigenvalue weighted by atomic mass is 16.6. The molecule has 0 aliphatic heterocycles. The van der Waals surface area contributed by atoms with Gasteiger partial charge in [0.05, 0.1) is 13.2 Å². The standard InChI is InChI=1S/C42H62O8/c1-6-11-13-15-17-23-39(43)49-33(28-45-9-4)30-47-41-35-21-19-20-22-36(35)42(38-27-32(8-3)25-26-37(38)41)48-31-34(29-46-10-5)50-40(44)24-18-16-14-12-7-2/h19-22,25-27,33-34H,6-18,23-24,28-31H2,1-5H3. The van der Waals surface area contributed by atoms with Gasteiger partial charge in [0.1, 0.15) is 24.7 Å². The number of ether oxygens (including phenoxy) is 6.